The lowest BCUT2D eigenvalue weighted by atomic mass is 10.0. The SMILES string of the molecule is COc1cc(C)c([C@@H](C)N[C@H]2CCN(CC(F)(F)F)C2)cc1OC. The molecule has 24 heavy (non-hydrogen) atoms. The molecule has 4 nitrogen and oxygen atoms in total. The molecule has 0 aliphatic carbocycles. The second-order valence-electron chi connectivity index (χ2n) is 6.29. The van der Waals surface area contributed by atoms with Crippen LogP contribution in [-0.2, 0) is 0 Å². The van der Waals surface area contributed by atoms with Crippen molar-refractivity contribution in [1.82, 2.24) is 10.2 Å². The summed E-state index contributed by atoms with van der Waals surface area (Å²) in [4.78, 5) is 1.45. The minimum atomic E-state index is -4.14. The Hall–Kier alpha value is -1.47. The average Bonchev–Trinajstić information content (AvgIpc) is 2.91. The first kappa shape index (κ1) is 18.9. The molecular weight excluding hydrogens is 321 g/mol. The first-order valence-electron chi connectivity index (χ1n) is 8.01. The third-order valence-corrected chi connectivity index (χ3v) is 4.40. The lowest BCUT2D eigenvalue weighted by molar-refractivity contribution is -0.143. The number of hydrogen-bond donors (Lipinski definition) is 1. The molecule has 0 unspecified atom stereocenters. The Morgan fingerprint density at radius 1 is 1.25 bits per heavy atom. The summed E-state index contributed by atoms with van der Waals surface area (Å²) in [7, 11) is 3.17. The highest BCUT2D eigenvalue weighted by Crippen LogP contribution is 2.33. The fourth-order valence-corrected chi connectivity index (χ4v) is 3.27. The second kappa shape index (κ2) is 7.61. The van der Waals surface area contributed by atoms with Crippen LogP contribution in [-0.4, -0.2) is 51.0 Å². The fraction of sp³-hybridized carbons (Fsp3) is 0.647. The average molecular weight is 346 g/mol. The molecule has 2 rings (SSSR count). The number of nitrogens with one attached hydrogen (secondary N) is 1. The quantitative estimate of drug-likeness (QED) is 0.857. The van der Waals surface area contributed by atoms with Crippen molar-refractivity contribution in [3.05, 3.63) is 23.3 Å². The van der Waals surface area contributed by atoms with Crippen LogP contribution in [0, 0.1) is 6.92 Å². The standard InChI is InChI=1S/C17H25F3N2O2/c1-11-7-15(23-3)16(24-4)8-14(11)12(2)21-13-5-6-22(9-13)10-17(18,19)20/h7-8,12-13,21H,5-6,9-10H2,1-4H3/t12-,13+/m1/s1. The van der Waals surface area contributed by atoms with Crippen LogP contribution in [0.3, 0.4) is 0 Å². The highest BCUT2D eigenvalue weighted by atomic mass is 19.4. The molecule has 1 aromatic rings. The van der Waals surface area contributed by atoms with E-state index in [4.69, 9.17) is 9.47 Å². The van der Waals surface area contributed by atoms with Crippen LogP contribution in [0.4, 0.5) is 13.2 Å². The van der Waals surface area contributed by atoms with E-state index in [-0.39, 0.29) is 12.1 Å². The number of ether oxygens (including phenoxy) is 2. The third-order valence-electron chi connectivity index (χ3n) is 4.40. The number of benzene rings is 1. The van der Waals surface area contributed by atoms with E-state index in [0.29, 0.717) is 31.0 Å². The van der Waals surface area contributed by atoms with Gasteiger partial charge in [0.15, 0.2) is 11.5 Å². The molecule has 0 saturated carbocycles. The van der Waals surface area contributed by atoms with E-state index < -0.39 is 12.7 Å². The molecule has 0 amide bonds. The molecule has 1 fully saturated rings. The first-order chi connectivity index (χ1) is 11.2. The number of likely N-dealkylation sites (tertiary alicyclic amines) is 1. The smallest absolute Gasteiger partial charge is 0.401 e. The number of methoxy groups -OCH3 is 2. The van der Waals surface area contributed by atoms with E-state index >= 15 is 0 Å². The molecule has 1 N–H and O–H groups in total. The lowest BCUT2D eigenvalue weighted by Crippen LogP contribution is -2.37. The zero-order valence-corrected chi connectivity index (χ0v) is 14.5. The number of nitrogens with zero attached hydrogens (tertiary/aromatic N) is 1. The predicted molar refractivity (Wildman–Crippen MR) is 86.7 cm³/mol. The van der Waals surface area contributed by atoms with Gasteiger partial charge in [0, 0.05) is 25.2 Å². The van der Waals surface area contributed by atoms with Gasteiger partial charge in [0.2, 0.25) is 0 Å². The molecule has 0 bridgehead atoms. The van der Waals surface area contributed by atoms with Crippen molar-refractivity contribution in [3.8, 4) is 11.5 Å². The first-order valence-corrected chi connectivity index (χ1v) is 8.01. The molecule has 136 valence electrons. The monoisotopic (exact) mass is 346 g/mol. The highest BCUT2D eigenvalue weighted by molar-refractivity contribution is 5.48. The van der Waals surface area contributed by atoms with Gasteiger partial charge in [-0.1, -0.05) is 0 Å². The predicted octanol–water partition coefficient (Wildman–Crippen LogP) is 3.30. The molecule has 1 aliphatic heterocycles. The summed E-state index contributed by atoms with van der Waals surface area (Å²) < 4.78 is 48.1. The Labute approximate surface area is 140 Å². The van der Waals surface area contributed by atoms with Gasteiger partial charge >= 0.3 is 6.18 Å². The second-order valence-corrected chi connectivity index (χ2v) is 6.29. The molecule has 2 atom stereocenters. The van der Waals surface area contributed by atoms with Crippen LogP contribution in [0.25, 0.3) is 0 Å². The molecule has 7 heteroatoms. The van der Waals surface area contributed by atoms with Gasteiger partial charge in [-0.3, -0.25) is 4.90 Å². The van der Waals surface area contributed by atoms with Crippen molar-refractivity contribution in [2.24, 2.45) is 0 Å². The van der Waals surface area contributed by atoms with Gasteiger partial charge in [0.1, 0.15) is 0 Å². The van der Waals surface area contributed by atoms with Crippen molar-refractivity contribution < 1.29 is 22.6 Å². The number of alkyl halides is 3. The summed E-state index contributed by atoms with van der Waals surface area (Å²) in [5, 5.41) is 3.44. The third kappa shape index (κ3) is 4.77. The number of halogens is 3. The summed E-state index contributed by atoms with van der Waals surface area (Å²) in [5.74, 6) is 1.32. The maximum Gasteiger partial charge on any atom is 0.401 e. The number of rotatable bonds is 6. The molecule has 0 aromatic heterocycles. The van der Waals surface area contributed by atoms with Crippen molar-refractivity contribution in [2.75, 3.05) is 33.9 Å². The van der Waals surface area contributed by atoms with Crippen molar-refractivity contribution in [2.45, 2.75) is 38.5 Å². The van der Waals surface area contributed by atoms with Crippen LogP contribution >= 0.6 is 0 Å². The van der Waals surface area contributed by atoms with Gasteiger partial charge < -0.3 is 14.8 Å². The van der Waals surface area contributed by atoms with E-state index in [1.807, 2.05) is 26.0 Å². The summed E-state index contributed by atoms with van der Waals surface area (Å²) >= 11 is 0. The van der Waals surface area contributed by atoms with Crippen LogP contribution in [0.2, 0.25) is 0 Å². The molecule has 1 aromatic carbocycles. The number of hydrogen-bond acceptors (Lipinski definition) is 4. The van der Waals surface area contributed by atoms with E-state index in [0.717, 1.165) is 11.1 Å². The zero-order chi connectivity index (χ0) is 17.9. The van der Waals surface area contributed by atoms with Crippen LogP contribution < -0.4 is 14.8 Å². The molecule has 1 saturated heterocycles. The minimum absolute atomic E-state index is 0.0145. The maximum absolute atomic E-state index is 12.5. The van der Waals surface area contributed by atoms with Gasteiger partial charge in [-0.05, 0) is 43.5 Å². The van der Waals surface area contributed by atoms with Crippen LogP contribution in [0.1, 0.15) is 30.5 Å². The van der Waals surface area contributed by atoms with Gasteiger partial charge in [0.25, 0.3) is 0 Å². The molecule has 0 spiro atoms. The Morgan fingerprint density at radius 3 is 2.46 bits per heavy atom. The minimum Gasteiger partial charge on any atom is -0.493 e. The van der Waals surface area contributed by atoms with Crippen molar-refractivity contribution in [1.29, 1.82) is 0 Å². The molecule has 0 radical (unpaired) electrons. The van der Waals surface area contributed by atoms with Crippen molar-refractivity contribution >= 4 is 0 Å². The van der Waals surface area contributed by atoms with Crippen LogP contribution in [0.5, 0.6) is 11.5 Å². The normalized spacial score (nSPS) is 20.2. The van der Waals surface area contributed by atoms with Crippen LogP contribution in [0.15, 0.2) is 12.1 Å². The van der Waals surface area contributed by atoms with Gasteiger partial charge in [-0.2, -0.15) is 13.2 Å². The zero-order valence-electron chi connectivity index (χ0n) is 14.5. The maximum atomic E-state index is 12.5. The Kier molecular flexibility index (Phi) is 5.98. The summed E-state index contributed by atoms with van der Waals surface area (Å²) in [6, 6.07) is 3.90. The molecule has 1 aliphatic rings. The van der Waals surface area contributed by atoms with Gasteiger partial charge in [-0.25, -0.2) is 0 Å². The largest absolute Gasteiger partial charge is 0.493 e. The Balaban J connectivity index is 2.02. The Bertz CT molecular complexity index is 564. The van der Waals surface area contributed by atoms with Gasteiger partial charge in [0.05, 0.1) is 20.8 Å². The van der Waals surface area contributed by atoms with E-state index in [9.17, 15) is 13.2 Å². The summed E-state index contributed by atoms with van der Waals surface area (Å²) in [6.07, 6.45) is -3.42. The summed E-state index contributed by atoms with van der Waals surface area (Å²) in [5.41, 5.74) is 2.11. The Morgan fingerprint density at radius 2 is 1.88 bits per heavy atom. The lowest BCUT2D eigenvalue weighted by Gasteiger charge is -2.23. The highest BCUT2D eigenvalue weighted by Gasteiger charge is 2.34. The molecule has 1 heterocycles. The van der Waals surface area contributed by atoms with E-state index in [1.54, 1.807) is 14.2 Å². The topological polar surface area (TPSA) is 33.7 Å². The molecular formula is C17H25F3N2O2. The van der Waals surface area contributed by atoms with Gasteiger partial charge in [-0.15, -0.1) is 0 Å². The van der Waals surface area contributed by atoms with Crippen molar-refractivity contribution in [3.63, 3.8) is 0 Å². The fourth-order valence-electron chi connectivity index (χ4n) is 3.27. The number of aryl methyl sites for hydroxylation is 1. The van der Waals surface area contributed by atoms with E-state index in [2.05, 4.69) is 5.32 Å². The van der Waals surface area contributed by atoms with E-state index in [1.165, 1.54) is 4.90 Å². The summed E-state index contributed by atoms with van der Waals surface area (Å²) in [6.45, 7) is 4.04.